The van der Waals surface area contributed by atoms with Gasteiger partial charge in [0.1, 0.15) is 16.9 Å². The van der Waals surface area contributed by atoms with Crippen molar-refractivity contribution in [2.45, 2.75) is 104 Å². The molecular weight excluding hydrogens is 508 g/mol. The van der Waals surface area contributed by atoms with Crippen LogP contribution in [-0.4, -0.2) is 81.6 Å². The van der Waals surface area contributed by atoms with Crippen molar-refractivity contribution in [1.29, 1.82) is 0 Å². The van der Waals surface area contributed by atoms with E-state index in [0.717, 1.165) is 25.7 Å². The third kappa shape index (κ3) is 8.57. The van der Waals surface area contributed by atoms with Crippen LogP contribution < -0.4 is 5.32 Å². The second-order valence-corrected chi connectivity index (χ2v) is 11.8. The van der Waals surface area contributed by atoms with Gasteiger partial charge in [0.15, 0.2) is 5.76 Å². The Morgan fingerprint density at radius 2 is 1.87 bits per heavy atom. The smallest absolute Gasteiger partial charge is 0.437 e. The molecule has 39 heavy (non-hydrogen) atoms. The Morgan fingerprint density at radius 1 is 1.18 bits per heavy atom. The van der Waals surface area contributed by atoms with Crippen molar-refractivity contribution >= 4 is 24.2 Å². The number of amides is 4. The van der Waals surface area contributed by atoms with Crippen LogP contribution in [0.3, 0.4) is 0 Å². The maximum Gasteiger partial charge on any atom is 0.437 e. The SMILES string of the molecule is CCCCON1C(=O)N2C[C@@H]1CC[C@H]2c1cc(CN(C)/C(=N/C(=O)OC(C)(C)C)NC(=O)OC(C)(C)C)on1. The predicted octanol–water partition coefficient (Wildman–Crippen LogP) is 4.60. The topological polar surface area (TPSA) is 139 Å². The first-order valence-electron chi connectivity index (χ1n) is 13.4. The lowest BCUT2D eigenvalue weighted by Crippen LogP contribution is -2.44. The number of ether oxygens (including phenoxy) is 2. The summed E-state index contributed by atoms with van der Waals surface area (Å²) in [5.41, 5.74) is -0.882. The number of unbranched alkanes of at least 4 members (excludes halogenated alkanes) is 1. The quantitative estimate of drug-likeness (QED) is 0.293. The number of carbonyl (C=O) groups is 3. The molecule has 0 aromatic carbocycles. The molecule has 3 rings (SSSR count). The number of nitrogens with zero attached hydrogens (tertiary/aromatic N) is 5. The number of hydroxylamine groups is 2. The number of piperidine rings is 1. The normalized spacial score (nSPS) is 19.8. The van der Waals surface area contributed by atoms with E-state index in [1.165, 1.54) is 9.96 Å². The average molecular weight is 551 g/mol. The van der Waals surface area contributed by atoms with E-state index >= 15 is 0 Å². The molecule has 0 saturated carbocycles. The first-order chi connectivity index (χ1) is 18.2. The van der Waals surface area contributed by atoms with Gasteiger partial charge >= 0.3 is 18.2 Å². The van der Waals surface area contributed by atoms with Gasteiger partial charge in [-0.05, 0) is 60.8 Å². The van der Waals surface area contributed by atoms with Crippen LogP contribution in [-0.2, 0) is 20.9 Å². The van der Waals surface area contributed by atoms with E-state index in [1.54, 1.807) is 59.6 Å². The van der Waals surface area contributed by atoms with Crippen molar-refractivity contribution in [3.8, 4) is 0 Å². The highest BCUT2D eigenvalue weighted by molar-refractivity contribution is 5.98. The molecule has 1 aromatic heterocycles. The molecule has 2 atom stereocenters. The largest absolute Gasteiger partial charge is 0.444 e. The molecule has 4 amide bonds. The molecule has 13 heteroatoms. The third-order valence-electron chi connectivity index (χ3n) is 5.93. The molecule has 1 N–H and O–H groups in total. The number of guanidine groups is 1. The van der Waals surface area contributed by atoms with Crippen LogP contribution in [0.15, 0.2) is 15.6 Å². The lowest BCUT2D eigenvalue weighted by Gasteiger charge is -2.28. The van der Waals surface area contributed by atoms with Gasteiger partial charge in [0.2, 0.25) is 5.96 Å². The van der Waals surface area contributed by atoms with Gasteiger partial charge in [0, 0.05) is 19.7 Å². The Morgan fingerprint density at radius 3 is 2.51 bits per heavy atom. The molecule has 0 spiro atoms. The first-order valence-corrected chi connectivity index (χ1v) is 13.4. The molecule has 2 aliphatic rings. The number of aromatic nitrogens is 1. The third-order valence-corrected chi connectivity index (χ3v) is 5.93. The second kappa shape index (κ2) is 12.2. The predicted molar refractivity (Wildman–Crippen MR) is 142 cm³/mol. The molecule has 2 fully saturated rings. The van der Waals surface area contributed by atoms with Crippen LogP contribution in [0.2, 0.25) is 0 Å². The Hall–Kier alpha value is -3.35. The van der Waals surface area contributed by atoms with E-state index in [0.29, 0.717) is 24.6 Å². The van der Waals surface area contributed by atoms with Gasteiger partial charge in [0.05, 0.1) is 25.2 Å². The Balaban J connectivity index is 1.70. The highest BCUT2D eigenvalue weighted by Crippen LogP contribution is 2.38. The zero-order valence-electron chi connectivity index (χ0n) is 24.3. The van der Waals surface area contributed by atoms with E-state index < -0.39 is 23.4 Å². The summed E-state index contributed by atoms with van der Waals surface area (Å²) >= 11 is 0. The van der Waals surface area contributed by atoms with E-state index in [4.69, 9.17) is 18.8 Å². The summed E-state index contributed by atoms with van der Waals surface area (Å²) in [6, 6.07) is 1.42. The number of hydrogen-bond acceptors (Lipinski definition) is 8. The van der Waals surface area contributed by atoms with E-state index in [-0.39, 0.29) is 30.6 Å². The fraction of sp³-hybridized carbons (Fsp3) is 0.731. The molecule has 218 valence electrons. The zero-order chi connectivity index (χ0) is 29.0. The minimum absolute atomic E-state index is 0.0358. The lowest BCUT2D eigenvalue weighted by atomic mass is 9.98. The molecule has 2 saturated heterocycles. The number of hydrogen-bond donors (Lipinski definition) is 1. The zero-order valence-corrected chi connectivity index (χ0v) is 24.3. The summed E-state index contributed by atoms with van der Waals surface area (Å²) in [5, 5.41) is 8.24. The van der Waals surface area contributed by atoms with E-state index in [1.807, 2.05) is 0 Å². The number of alkyl carbamates (subject to hydrolysis) is 1. The Labute approximate surface area is 229 Å². The van der Waals surface area contributed by atoms with Crippen LogP contribution in [0, 0.1) is 0 Å². The summed E-state index contributed by atoms with van der Waals surface area (Å²) in [5.74, 6) is 0.381. The molecule has 2 bridgehead atoms. The van der Waals surface area contributed by atoms with Gasteiger partial charge in [-0.3, -0.25) is 10.2 Å². The highest BCUT2D eigenvalue weighted by atomic mass is 16.7. The summed E-state index contributed by atoms with van der Waals surface area (Å²) in [4.78, 5) is 50.8. The Kier molecular flexibility index (Phi) is 9.47. The van der Waals surface area contributed by atoms with Gasteiger partial charge in [-0.2, -0.15) is 5.06 Å². The molecule has 0 aliphatic carbocycles. The number of fused-ring (bicyclic) bond motifs is 2. The summed E-state index contributed by atoms with van der Waals surface area (Å²) in [7, 11) is 1.63. The van der Waals surface area contributed by atoms with Gasteiger partial charge in [0.25, 0.3) is 0 Å². The van der Waals surface area contributed by atoms with Crippen molar-refractivity contribution in [3.05, 3.63) is 17.5 Å². The van der Waals surface area contributed by atoms with Crippen LogP contribution in [0.5, 0.6) is 0 Å². The minimum Gasteiger partial charge on any atom is -0.444 e. The van der Waals surface area contributed by atoms with Crippen LogP contribution in [0.1, 0.15) is 91.6 Å². The summed E-state index contributed by atoms with van der Waals surface area (Å²) < 4.78 is 16.2. The highest BCUT2D eigenvalue weighted by Gasteiger charge is 2.46. The first kappa shape index (κ1) is 30.2. The minimum atomic E-state index is -0.867. The number of aliphatic imine (C=N–C) groups is 1. The average Bonchev–Trinajstić information content (AvgIpc) is 3.35. The summed E-state index contributed by atoms with van der Waals surface area (Å²) in [6.07, 6.45) is 1.78. The Bertz CT molecular complexity index is 1060. The number of nitrogens with one attached hydrogen (secondary N) is 1. The monoisotopic (exact) mass is 550 g/mol. The lowest BCUT2D eigenvalue weighted by molar-refractivity contribution is -0.130. The van der Waals surface area contributed by atoms with Crippen LogP contribution in [0.25, 0.3) is 0 Å². The molecular formula is C26H42N6O7. The molecule has 3 heterocycles. The van der Waals surface area contributed by atoms with Gasteiger partial charge in [-0.1, -0.05) is 18.5 Å². The van der Waals surface area contributed by atoms with Crippen molar-refractivity contribution in [3.63, 3.8) is 0 Å². The second-order valence-electron chi connectivity index (χ2n) is 11.8. The maximum absolute atomic E-state index is 13.0. The number of carbonyl (C=O) groups excluding carboxylic acids is 3. The fourth-order valence-electron chi connectivity index (χ4n) is 4.26. The van der Waals surface area contributed by atoms with E-state index in [2.05, 4.69) is 22.4 Å². The van der Waals surface area contributed by atoms with Crippen LogP contribution >= 0.6 is 0 Å². The van der Waals surface area contributed by atoms with Gasteiger partial charge in [-0.15, -0.1) is 4.99 Å². The maximum atomic E-state index is 13.0. The molecule has 2 aliphatic heterocycles. The standard InChI is InChI=1S/C26H42N6O7/c1-9-10-13-36-32-17-11-12-20(31(15-17)24(32)35)19-14-18(39-29-19)16-30(8)21(27-22(33)37-25(2,3)4)28-23(34)38-26(5,6)7/h14,17,20H,9-13,15-16H2,1-8H3,(H,27,28,33,34)/t17-,20-/m0/s1. The van der Waals surface area contributed by atoms with Crippen molar-refractivity contribution in [2.75, 3.05) is 20.2 Å². The van der Waals surface area contributed by atoms with Crippen molar-refractivity contribution < 1.29 is 33.2 Å². The molecule has 0 radical (unpaired) electrons. The van der Waals surface area contributed by atoms with Gasteiger partial charge in [-0.25, -0.2) is 14.4 Å². The van der Waals surface area contributed by atoms with Crippen molar-refractivity contribution in [1.82, 2.24) is 25.3 Å². The molecule has 13 nitrogen and oxygen atoms in total. The van der Waals surface area contributed by atoms with Crippen molar-refractivity contribution in [2.24, 2.45) is 4.99 Å². The number of rotatable bonds is 7. The fourth-order valence-corrected chi connectivity index (χ4v) is 4.26. The summed E-state index contributed by atoms with van der Waals surface area (Å²) in [6.45, 7) is 13.6. The van der Waals surface area contributed by atoms with E-state index in [9.17, 15) is 14.4 Å². The molecule has 1 aromatic rings. The molecule has 0 unspecified atom stereocenters. The van der Waals surface area contributed by atoms with Crippen LogP contribution in [0.4, 0.5) is 14.4 Å². The van der Waals surface area contributed by atoms with Gasteiger partial charge < -0.3 is 23.8 Å². The number of urea groups is 1.